The lowest BCUT2D eigenvalue weighted by molar-refractivity contribution is -0.208. The molecule has 1 rings (SSSR count). The van der Waals surface area contributed by atoms with E-state index in [1.165, 1.54) is 38.5 Å². The van der Waals surface area contributed by atoms with E-state index in [2.05, 4.69) is 19.1 Å². The van der Waals surface area contributed by atoms with E-state index in [4.69, 9.17) is 14.6 Å². The van der Waals surface area contributed by atoms with Crippen LogP contribution in [0.2, 0.25) is 0 Å². The van der Waals surface area contributed by atoms with Gasteiger partial charge in [0.25, 0.3) is 0 Å². The van der Waals surface area contributed by atoms with Crippen molar-refractivity contribution in [2.75, 3.05) is 19.8 Å². The maximum atomic E-state index is 9.92. The molecule has 3 N–H and O–H groups in total. The first-order valence-corrected chi connectivity index (χ1v) is 9.05. The summed E-state index contributed by atoms with van der Waals surface area (Å²) in [5.41, 5.74) is 0. The lowest BCUT2D eigenvalue weighted by atomic mass is 10.0. The van der Waals surface area contributed by atoms with Crippen molar-refractivity contribution in [3.8, 4) is 0 Å². The number of hydrogen-bond donors (Lipinski definition) is 3. The van der Waals surface area contributed by atoms with Gasteiger partial charge in [0.2, 0.25) is 0 Å². The van der Waals surface area contributed by atoms with Gasteiger partial charge in [-0.05, 0) is 19.3 Å². The van der Waals surface area contributed by atoms with Crippen LogP contribution >= 0.6 is 0 Å². The SMILES string of the molecule is CCCCCCCC/C=C/CCO[C@H]1CO[C@H](CO)[C@@H](O)[C@@H]1O. The molecule has 1 heterocycles. The Morgan fingerprint density at radius 2 is 1.70 bits per heavy atom. The van der Waals surface area contributed by atoms with Crippen molar-refractivity contribution in [2.45, 2.75) is 82.7 Å². The van der Waals surface area contributed by atoms with Gasteiger partial charge in [-0.15, -0.1) is 0 Å². The third kappa shape index (κ3) is 8.27. The monoisotopic (exact) mass is 330 g/mol. The molecule has 0 aromatic heterocycles. The van der Waals surface area contributed by atoms with E-state index in [1.807, 2.05) is 0 Å². The average molecular weight is 330 g/mol. The Hall–Kier alpha value is -0.460. The molecule has 0 amide bonds. The van der Waals surface area contributed by atoms with E-state index in [0.717, 1.165) is 12.8 Å². The largest absolute Gasteiger partial charge is 0.394 e. The van der Waals surface area contributed by atoms with Crippen molar-refractivity contribution in [3.05, 3.63) is 12.2 Å². The van der Waals surface area contributed by atoms with E-state index in [-0.39, 0.29) is 13.2 Å². The molecule has 0 saturated carbocycles. The summed E-state index contributed by atoms with van der Waals surface area (Å²) in [4.78, 5) is 0. The lowest BCUT2D eigenvalue weighted by Crippen LogP contribution is -2.55. The number of unbranched alkanes of at least 4 members (excludes halogenated alkanes) is 6. The molecule has 0 unspecified atom stereocenters. The molecule has 5 heteroatoms. The molecule has 1 fully saturated rings. The third-order valence-electron chi connectivity index (χ3n) is 4.27. The van der Waals surface area contributed by atoms with Gasteiger partial charge in [0.05, 0.1) is 19.8 Å². The van der Waals surface area contributed by atoms with Gasteiger partial charge in [0, 0.05) is 0 Å². The molecule has 1 aliphatic heterocycles. The highest BCUT2D eigenvalue weighted by Gasteiger charge is 2.38. The van der Waals surface area contributed by atoms with Crippen molar-refractivity contribution in [1.29, 1.82) is 0 Å². The topological polar surface area (TPSA) is 79.2 Å². The standard InChI is InChI=1S/C18H34O5/c1-2-3-4-5-6-7-8-9-10-11-12-22-16-14-23-15(13-19)17(20)18(16)21/h9-10,15-21H,2-8,11-14H2,1H3/b10-9+/t15-,16+,17-,18-/m1/s1. The van der Waals surface area contributed by atoms with Crippen molar-refractivity contribution in [1.82, 2.24) is 0 Å². The number of aliphatic hydroxyl groups is 3. The van der Waals surface area contributed by atoms with Gasteiger partial charge in [0.1, 0.15) is 24.4 Å². The molecule has 136 valence electrons. The zero-order chi connectivity index (χ0) is 16.9. The Kier molecular flexibility index (Phi) is 11.5. The number of hydrogen-bond acceptors (Lipinski definition) is 5. The minimum Gasteiger partial charge on any atom is -0.394 e. The van der Waals surface area contributed by atoms with E-state index in [1.54, 1.807) is 0 Å². The fourth-order valence-electron chi connectivity index (χ4n) is 2.73. The van der Waals surface area contributed by atoms with Crippen LogP contribution in [0.1, 0.15) is 58.3 Å². The van der Waals surface area contributed by atoms with Gasteiger partial charge in [-0.1, -0.05) is 51.2 Å². The molecule has 0 bridgehead atoms. The lowest BCUT2D eigenvalue weighted by Gasteiger charge is -2.36. The van der Waals surface area contributed by atoms with Crippen LogP contribution in [0, 0.1) is 0 Å². The van der Waals surface area contributed by atoms with Crippen LogP contribution in [0.4, 0.5) is 0 Å². The molecule has 23 heavy (non-hydrogen) atoms. The number of rotatable bonds is 12. The van der Waals surface area contributed by atoms with Crippen molar-refractivity contribution < 1.29 is 24.8 Å². The molecule has 1 saturated heterocycles. The highest BCUT2D eigenvalue weighted by atomic mass is 16.6. The maximum absolute atomic E-state index is 9.92. The number of allylic oxidation sites excluding steroid dienone is 1. The summed E-state index contributed by atoms with van der Waals surface area (Å²) in [5, 5.41) is 28.7. The molecular weight excluding hydrogens is 296 g/mol. The summed E-state index contributed by atoms with van der Waals surface area (Å²) in [7, 11) is 0. The van der Waals surface area contributed by atoms with Crippen LogP contribution in [0.5, 0.6) is 0 Å². The number of ether oxygens (including phenoxy) is 2. The molecular formula is C18H34O5. The van der Waals surface area contributed by atoms with Gasteiger partial charge in [-0.3, -0.25) is 0 Å². The Balaban J connectivity index is 2.01. The zero-order valence-corrected chi connectivity index (χ0v) is 14.4. The van der Waals surface area contributed by atoms with Gasteiger partial charge in [-0.25, -0.2) is 0 Å². The molecule has 0 aromatic rings. The summed E-state index contributed by atoms with van der Waals surface area (Å²) in [5.74, 6) is 0. The molecule has 0 aromatic carbocycles. The normalized spacial score (nSPS) is 28.5. The quantitative estimate of drug-likeness (QED) is 0.377. The van der Waals surface area contributed by atoms with Crippen LogP contribution < -0.4 is 0 Å². The zero-order valence-electron chi connectivity index (χ0n) is 14.4. The fraction of sp³-hybridized carbons (Fsp3) is 0.889. The van der Waals surface area contributed by atoms with Crippen LogP contribution in [0.3, 0.4) is 0 Å². The summed E-state index contributed by atoms with van der Waals surface area (Å²) in [6.07, 6.45) is 10.7. The predicted molar refractivity (Wildman–Crippen MR) is 90.3 cm³/mol. The average Bonchev–Trinajstić information content (AvgIpc) is 2.56. The van der Waals surface area contributed by atoms with Crippen LogP contribution in [-0.2, 0) is 9.47 Å². The first-order chi connectivity index (χ1) is 11.2. The first kappa shape index (κ1) is 20.6. The van der Waals surface area contributed by atoms with E-state index >= 15 is 0 Å². The molecule has 0 radical (unpaired) electrons. The Morgan fingerprint density at radius 3 is 2.43 bits per heavy atom. The Bertz CT molecular complexity index is 308. The van der Waals surface area contributed by atoms with Gasteiger partial charge < -0.3 is 24.8 Å². The maximum Gasteiger partial charge on any atom is 0.111 e. The summed E-state index contributed by atoms with van der Waals surface area (Å²) in [6, 6.07) is 0. The second-order valence-corrected chi connectivity index (χ2v) is 6.26. The molecule has 0 aliphatic carbocycles. The minimum absolute atomic E-state index is 0.199. The highest BCUT2D eigenvalue weighted by molar-refractivity contribution is 4.88. The van der Waals surface area contributed by atoms with E-state index < -0.39 is 24.4 Å². The number of aliphatic hydroxyl groups excluding tert-OH is 3. The first-order valence-electron chi connectivity index (χ1n) is 9.05. The van der Waals surface area contributed by atoms with Gasteiger partial charge >= 0.3 is 0 Å². The highest BCUT2D eigenvalue weighted by Crippen LogP contribution is 2.18. The van der Waals surface area contributed by atoms with Crippen molar-refractivity contribution >= 4 is 0 Å². The van der Waals surface area contributed by atoms with Gasteiger partial charge in [-0.2, -0.15) is 0 Å². The van der Waals surface area contributed by atoms with Crippen LogP contribution in [-0.4, -0.2) is 59.6 Å². The van der Waals surface area contributed by atoms with Crippen LogP contribution in [0.15, 0.2) is 12.2 Å². The van der Waals surface area contributed by atoms with Crippen molar-refractivity contribution in [3.63, 3.8) is 0 Å². The second kappa shape index (κ2) is 12.9. The summed E-state index contributed by atoms with van der Waals surface area (Å²) >= 11 is 0. The summed E-state index contributed by atoms with van der Waals surface area (Å²) < 4.78 is 10.8. The minimum atomic E-state index is -1.10. The molecule has 1 aliphatic rings. The fourth-order valence-corrected chi connectivity index (χ4v) is 2.73. The predicted octanol–water partition coefficient (Wildman–Crippen LogP) is 2.18. The third-order valence-corrected chi connectivity index (χ3v) is 4.27. The molecule has 4 atom stereocenters. The second-order valence-electron chi connectivity index (χ2n) is 6.26. The Morgan fingerprint density at radius 1 is 1.00 bits per heavy atom. The molecule has 5 nitrogen and oxygen atoms in total. The Labute approximate surface area is 140 Å². The van der Waals surface area contributed by atoms with Crippen LogP contribution in [0.25, 0.3) is 0 Å². The van der Waals surface area contributed by atoms with E-state index in [0.29, 0.717) is 6.61 Å². The smallest absolute Gasteiger partial charge is 0.111 e. The van der Waals surface area contributed by atoms with Crippen molar-refractivity contribution in [2.24, 2.45) is 0 Å². The summed E-state index contributed by atoms with van der Waals surface area (Å²) in [6.45, 7) is 2.63. The van der Waals surface area contributed by atoms with Gasteiger partial charge in [0.15, 0.2) is 0 Å². The van der Waals surface area contributed by atoms with E-state index in [9.17, 15) is 10.2 Å². The molecule has 0 spiro atoms.